The van der Waals surface area contributed by atoms with Crippen LogP contribution < -0.4 is 14.8 Å². The molecular formula is C15H26ClN3O4S2. The molecule has 144 valence electrons. The molecule has 0 aromatic heterocycles. The van der Waals surface area contributed by atoms with Crippen molar-refractivity contribution in [3.63, 3.8) is 0 Å². The van der Waals surface area contributed by atoms with Crippen molar-refractivity contribution < 1.29 is 16.8 Å². The summed E-state index contributed by atoms with van der Waals surface area (Å²) in [5.74, 6) is 0.0553. The zero-order valence-electron chi connectivity index (χ0n) is 14.2. The molecule has 1 heterocycles. The van der Waals surface area contributed by atoms with Crippen LogP contribution in [0.15, 0.2) is 29.2 Å². The minimum atomic E-state index is -3.60. The van der Waals surface area contributed by atoms with Crippen molar-refractivity contribution in [3.05, 3.63) is 24.3 Å². The molecule has 0 bridgehead atoms. The van der Waals surface area contributed by atoms with Crippen molar-refractivity contribution in [3.8, 4) is 0 Å². The Balaban J connectivity index is 0.00000312. The van der Waals surface area contributed by atoms with E-state index in [-0.39, 0.29) is 29.1 Å². The highest BCUT2D eigenvalue weighted by atomic mass is 35.5. The second-order valence-corrected chi connectivity index (χ2v) is 9.52. The third kappa shape index (κ3) is 7.10. The lowest BCUT2D eigenvalue weighted by molar-refractivity contribution is 0.428. The SMILES string of the molecule is CCCCS(=O)(=O)Nc1ccc(S(=O)(=O)NC2CCCNC2)cc1.Cl. The van der Waals surface area contributed by atoms with Gasteiger partial charge in [-0.3, -0.25) is 4.72 Å². The van der Waals surface area contributed by atoms with Gasteiger partial charge in [0, 0.05) is 18.3 Å². The number of sulfonamides is 2. The number of hydrogen-bond donors (Lipinski definition) is 3. The van der Waals surface area contributed by atoms with E-state index in [4.69, 9.17) is 0 Å². The Hall–Kier alpha value is -0.870. The van der Waals surface area contributed by atoms with Crippen LogP contribution in [0.5, 0.6) is 0 Å². The molecule has 0 amide bonds. The van der Waals surface area contributed by atoms with Gasteiger partial charge in [0.2, 0.25) is 20.0 Å². The van der Waals surface area contributed by atoms with Crippen LogP contribution in [-0.4, -0.2) is 41.7 Å². The smallest absolute Gasteiger partial charge is 0.240 e. The minimum Gasteiger partial charge on any atom is -0.315 e. The van der Waals surface area contributed by atoms with Crippen LogP contribution in [0, 0.1) is 0 Å². The van der Waals surface area contributed by atoms with E-state index in [0.29, 0.717) is 18.7 Å². The topological polar surface area (TPSA) is 104 Å². The number of rotatable bonds is 8. The van der Waals surface area contributed by atoms with Gasteiger partial charge in [0.25, 0.3) is 0 Å². The third-order valence-corrected chi connectivity index (χ3v) is 6.73. The van der Waals surface area contributed by atoms with E-state index in [1.165, 1.54) is 24.3 Å². The summed E-state index contributed by atoms with van der Waals surface area (Å²) in [6, 6.07) is 5.65. The normalized spacial score (nSPS) is 18.4. The highest BCUT2D eigenvalue weighted by Crippen LogP contribution is 2.17. The summed E-state index contributed by atoms with van der Waals surface area (Å²) in [4.78, 5) is 0.129. The Morgan fingerprint density at radius 2 is 1.84 bits per heavy atom. The van der Waals surface area contributed by atoms with E-state index in [0.717, 1.165) is 25.8 Å². The average molecular weight is 412 g/mol. The minimum absolute atomic E-state index is 0. The van der Waals surface area contributed by atoms with Gasteiger partial charge in [-0.2, -0.15) is 0 Å². The first-order chi connectivity index (χ1) is 11.3. The number of hydrogen-bond acceptors (Lipinski definition) is 5. The molecule has 0 spiro atoms. The van der Waals surface area contributed by atoms with Crippen LogP contribution in [0.2, 0.25) is 0 Å². The number of nitrogens with one attached hydrogen (secondary N) is 3. The van der Waals surface area contributed by atoms with Crippen molar-refractivity contribution in [1.29, 1.82) is 0 Å². The molecular weight excluding hydrogens is 386 g/mol. The highest BCUT2D eigenvalue weighted by molar-refractivity contribution is 7.92. The average Bonchev–Trinajstić information content (AvgIpc) is 2.54. The van der Waals surface area contributed by atoms with Gasteiger partial charge in [-0.1, -0.05) is 13.3 Å². The summed E-state index contributed by atoms with van der Waals surface area (Å²) < 4.78 is 53.6. The van der Waals surface area contributed by atoms with E-state index in [9.17, 15) is 16.8 Å². The van der Waals surface area contributed by atoms with Crippen molar-refractivity contribution in [1.82, 2.24) is 10.0 Å². The second kappa shape index (κ2) is 9.72. The second-order valence-electron chi connectivity index (χ2n) is 5.96. The number of benzene rings is 1. The lowest BCUT2D eigenvalue weighted by Crippen LogP contribution is -2.45. The van der Waals surface area contributed by atoms with Crippen molar-refractivity contribution in [2.24, 2.45) is 0 Å². The molecule has 0 aliphatic carbocycles. The molecule has 1 fully saturated rings. The highest BCUT2D eigenvalue weighted by Gasteiger charge is 2.21. The Kier molecular flexibility index (Phi) is 8.62. The zero-order valence-corrected chi connectivity index (χ0v) is 16.6. The molecule has 1 aliphatic rings. The molecule has 1 aromatic carbocycles. The Bertz CT molecular complexity index is 731. The zero-order chi connectivity index (χ0) is 17.6. The fraction of sp³-hybridized carbons (Fsp3) is 0.600. The Morgan fingerprint density at radius 1 is 1.16 bits per heavy atom. The summed E-state index contributed by atoms with van der Waals surface area (Å²) in [5.41, 5.74) is 0.365. The van der Waals surface area contributed by atoms with E-state index >= 15 is 0 Å². The van der Waals surface area contributed by atoms with Gasteiger partial charge < -0.3 is 5.32 Å². The van der Waals surface area contributed by atoms with Crippen LogP contribution in [0.4, 0.5) is 5.69 Å². The predicted molar refractivity (Wildman–Crippen MR) is 102 cm³/mol. The maximum Gasteiger partial charge on any atom is 0.240 e. The maximum atomic E-state index is 12.4. The lowest BCUT2D eigenvalue weighted by atomic mass is 10.1. The molecule has 1 aromatic rings. The molecule has 1 unspecified atom stereocenters. The quantitative estimate of drug-likeness (QED) is 0.603. The van der Waals surface area contributed by atoms with Gasteiger partial charge in [0.05, 0.1) is 10.6 Å². The van der Waals surface area contributed by atoms with Crippen LogP contribution in [0.25, 0.3) is 0 Å². The number of anilines is 1. The van der Waals surface area contributed by atoms with Crippen LogP contribution >= 0.6 is 12.4 Å². The third-order valence-electron chi connectivity index (χ3n) is 3.82. The van der Waals surface area contributed by atoms with Crippen molar-refractivity contribution in [2.75, 3.05) is 23.6 Å². The van der Waals surface area contributed by atoms with Gasteiger partial charge in [-0.05, 0) is 50.1 Å². The molecule has 3 N–H and O–H groups in total. The van der Waals surface area contributed by atoms with Gasteiger partial charge >= 0.3 is 0 Å². The van der Waals surface area contributed by atoms with Gasteiger partial charge in [-0.15, -0.1) is 12.4 Å². The van der Waals surface area contributed by atoms with Gasteiger partial charge in [0.15, 0.2) is 0 Å². The number of halogens is 1. The molecule has 1 saturated heterocycles. The molecule has 1 atom stereocenters. The van der Waals surface area contributed by atoms with E-state index in [1.54, 1.807) is 0 Å². The van der Waals surface area contributed by atoms with E-state index < -0.39 is 20.0 Å². The van der Waals surface area contributed by atoms with Crippen molar-refractivity contribution in [2.45, 2.75) is 43.5 Å². The maximum absolute atomic E-state index is 12.4. The summed E-state index contributed by atoms with van der Waals surface area (Å²) in [6.45, 7) is 3.45. The Morgan fingerprint density at radius 3 is 2.40 bits per heavy atom. The molecule has 0 saturated carbocycles. The standard InChI is InChI=1S/C15H25N3O4S2.ClH/c1-2-3-11-23(19,20)17-13-6-8-15(9-7-13)24(21,22)18-14-5-4-10-16-12-14;/h6-9,14,16-18H,2-5,10-12H2,1H3;1H. The molecule has 7 nitrogen and oxygen atoms in total. The number of unbranched alkanes of at least 4 members (excludes halogenated alkanes) is 1. The van der Waals surface area contributed by atoms with Crippen LogP contribution in [0.3, 0.4) is 0 Å². The molecule has 25 heavy (non-hydrogen) atoms. The molecule has 2 rings (SSSR count). The fourth-order valence-electron chi connectivity index (χ4n) is 2.51. The molecule has 1 aliphatic heterocycles. The van der Waals surface area contributed by atoms with Gasteiger partial charge in [-0.25, -0.2) is 21.6 Å². The lowest BCUT2D eigenvalue weighted by Gasteiger charge is -2.23. The first-order valence-corrected chi connectivity index (χ1v) is 11.3. The molecule has 0 radical (unpaired) electrons. The summed E-state index contributed by atoms with van der Waals surface area (Å²) in [6.07, 6.45) is 3.12. The first kappa shape index (κ1) is 22.2. The first-order valence-electron chi connectivity index (χ1n) is 8.16. The fourth-order valence-corrected chi connectivity index (χ4v) is 5.04. The summed E-state index contributed by atoms with van der Waals surface area (Å²) in [7, 11) is -6.99. The molecule has 10 heteroatoms. The monoisotopic (exact) mass is 411 g/mol. The van der Waals surface area contributed by atoms with Crippen LogP contribution in [-0.2, 0) is 20.0 Å². The van der Waals surface area contributed by atoms with Crippen LogP contribution in [0.1, 0.15) is 32.6 Å². The van der Waals surface area contributed by atoms with E-state index in [1.807, 2.05) is 6.92 Å². The summed E-state index contributed by atoms with van der Waals surface area (Å²) >= 11 is 0. The van der Waals surface area contributed by atoms with E-state index in [2.05, 4.69) is 14.8 Å². The summed E-state index contributed by atoms with van der Waals surface area (Å²) in [5, 5.41) is 3.16. The predicted octanol–water partition coefficient (Wildman–Crippen LogP) is 1.68. The van der Waals surface area contributed by atoms with Gasteiger partial charge in [0.1, 0.15) is 0 Å². The number of piperidine rings is 1. The Labute approximate surface area is 156 Å². The largest absolute Gasteiger partial charge is 0.315 e. The van der Waals surface area contributed by atoms with Crippen molar-refractivity contribution >= 4 is 38.1 Å².